The number of hydrogen-bond donors (Lipinski definition) is 2. The molecule has 3 rings (SSSR count). The van der Waals surface area contributed by atoms with Crippen LogP contribution in [-0.2, 0) is 0 Å². The zero-order chi connectivity index (χ0) is 17.8. The molecule has 126 valence electrons. The number of carbonyl (C=O) groups excluding carboxylic acids is 1. The van der Waals surface area contributed by atoms with Gasteiger partial charge in [0.2, 0.25) is 0 Å². The van der Waals surface area contributed by atoms with Crippen LogP contribution in [0.2, 0.25) is 0 Å². The second-order valence-corrected chi connectivity index (χ2v) is 5.32. The molecule has 0 atom stereocenters. The van der Waals surface area contributed by atoms with Crippen LogP contribution in [0.3, 0.4) is 0 Å². The lowest BCUT2D eigenvalue weighted by molar-refractivity contribution is 0.0963. The maximum absolute atomic E-state index is 13.0. The van der Waals surface area contributed by atoms with Crippen LogP contribution in [0.5, 0.6) is 0 Å². The van der Waals surface area contributed by atoms with Crippen LogP contribution >= 0.6 is 0 Å². The molecule has 0 radical (unpaired) electrons. The summed E-state index contributed by atoms with van der Waals surface area (Å²) in [4.78, 5) is 12.3. The fourth-order valence-electron chi connectivity index (χ4n) is 2.41. The van der Waals surface area contributed by atoms with Crippen LogP contribution in [0, 0.1) is 5.82 Å². The lowest BCUT2D eigenvalue weighted by Gasteiger charge is -2.03. The molecule has 1 heterocycles. The van der Waals surface area contributed by atoms with E-state index in [1.807, 2.05) is 30.3 Å². The maximum Gasteiger partial charge on any atom is 0.257 e. The third-order valence-electron chi connectivity index (χ3n) is 3.68. The van der Waals surface area contributed by atoms with E-state index in [9.17, 15) is 9.18 Å². The molecule has 0 aliphatic rings. The molecule has 6 heteroatoms. The molecule has 25 heavy (non-hydrogen) atoms. The van der Waals surface area contributed by atoms with Crippen LogP contribution in [0.15, 0.2) is 59.1 Å². The Morgan fingerprint density at radius 2 is 1.84 bits per heavy atom. The predicted octanol–water partition coefficient (Wildman–Crippen LogP) is 3.30. The Morgan fingerprint density at radius 1 is 1.16 bits per heavy atom. The number of carbonyl (C=O) groups is 1. The number of rotatable bonds is 4. The summed E-state index contributed by atoms with van der Waals surface area (Å²) in [5.74, 6) is -0.452. The first kappa shape index (κ1) is 16.4. The minimum Gasteiger partial charge on any atom is -0.398 e. The summed E-state index contributed by atoms with van der Waals surface area (Å²) in [6, 6.07) is 15.0. The average molecular weight is 337 g/mol. The Labute approximate surface area is 143 Å². The van der Waals surface area contributed by atoms with Crippen molar-refractivity contribution in [2.45, 2.75) is 0 Å². The second kappa shape index (κ2) is 7.00. The van der Waals surface area contributed by atoms with Crippen molar-refractivity contribution in [3.05, 3.63) is 77.3 Å². The molecule has 0 aliphatic heterocycles. The number of nitrogens with two attached hydrogens (primary N) is 1. The number of amides is 1. The van der Waals surface area contributed by atoms with Crippen molar-refractivity contribution in [1.82, 2.24) is 10.5 Å². The smallest absolute Gasteiger partial charge is 0.257 e. The molecule has 0 fully saturated rings. The highest BCUT2D eigenvalue weighted by atomic mass is 19.1. The van der Waals surface area contributed by atoms with Gasteiger partial charge in [-0.3, -0.25) is 4.79 Å². The Balaban J connectivity index is 2.07. The van der Waals surface area contributed by atoms with Gasteiger partial charge in [0.05, 0.1) is 0 Å². The maximum atomic E-state index is 13.0. The van der Waals surface area contributed by atoms with Gasteiger partial charge in [-0.15, -0.1) is 0 Å². The fraction of sp³-hybridized carbons (Fsp3) is 0.0526. The van der Waals surface area contributed by atoms with Crippen LogP contribution in [0.4, 0.5) is 4.39 Å². The molecule has 1 amide bonds. The average Bonchev–Trinajstić information content (AvgIpc) is 3.05. The lowest BCUT2D eigenvalue weighted by atomic mass is 10.0. The van der Waals surface area contributed by atoms with E-state index >= 15 is 0 Å². The van der Waals surface area contributed by atoms with Gasteiger partial charge < -0.3 is 15.6 Å². The SMILES string of the molecule is CNC(=O)c1c(-c2ccccc2)noc1/C=C(/N)c1ccc(F)cc1. The van der Waals surface area contributed by atoms with Gasteiger partial charge in [0.1, 0.15) is 17.1 Å². The second-order valence-electron chi connectivity index (χ2n) is 5.32. The van der Waals surface area contributed by atoms with E-state index in [1.54, 1.807) is 12.1 Å². The number of benzene rings is 2. The van der Waals surface area contributed by atoms with E-state index < -0.39 is 0 Å². The van der Waals surface area contributed by atoms with Gasteiger partial charge in [-0.2, -0.15) is 0 Å². The molecule has 0 aliphatic carbocycles. The number of aromatic nitrogens is 1. The summed E-state index contributed by atoms with van der Waals surface area (Å²) in [7, 11) is 1.53. The Hall–Kier alpha value is -3.41. The Kier molecular flexibility index (Phi) is 4.61. The van der Waals surface area contributed by atoms with E-state index in [0.717, 1.165) is 5.56 Å². The first-order valence-electron chi connectivity index (χ1n) is 7.60. The zero-order valence-corrected chi connectivity index (χ0v) is 13.5. The van der Waals surface area contributed by atoms with Gasteiger partial charge >= 0.3 is 0 Å². The number of halogens is 1. The summed E-state index contributed by atoms with van der Waals surface area (Å²) < 4.78 is 18.4. The van der Waals surface area contributed by atoms with E-state index in [4.69, 9.17) is 10.3 Å². The van der Waals surface area contributed by atoms with Crippen LogP contribution in [0.25, 0.3) is 23.0 Å². The molecule has 2 aromatic carbocycles. The zero-order valence-electron chi connectivity index (χ0n) is 13.5. The molecule has 5 nitrogen and oxygen atoms in total. The summed E-state index contributed by atoms with van der Waals surface area (Å²) in [6.45, 7) is 0. The van der Waals surface area contributed by atoms with Crippen LogP contribution < -0.4 is 11.1 Å². The van der Waals surface area contributed by atoms with Crippen LogP contribution in [0.1, 0.15) is 21.7 Å². The van der Waals surface area contributed by atoms with Crippen molar-refractivity contribution in [2.75, 3.05) is 7.05 Å². The van der Waals surface area contributed by atoms with E-state index in [-0.39, 0.29) is 17.5 Å². The molecular formula is C19H16FN3O2. The first-order chi connectivity index (χ1) is 12.1. The highest BCUT2D eigenvalue weighted by Crippen LogP contribution is 2.27. The molecule has 0 spiro atoms. The predicted molar refractivity (Wildman–Crippen MR) is 93.8 cm³/mol. The summed E-state index contributed by atoms with van der Waals surface area (Å²) in [5.41, 5.74) is 8.48. The van der Waals surface area contributed by atoms with Gasteiger partial charge in [0, 0.05) is 24.4 Å². The Morgan fingerprint density at radius 3 is 2.48 bits per heavy atom. The monoisotopic (exact) mass is 337 g/mol. The molecule has 3 aromatic rings. The van der Waals surface area contributed by atoms with Gasteiger partial charge in [0.15, 0.2) is 5.76 Å². The number of nitrogens with one attached hydrogen (secondary N) is 1. The molecule has 3 N–H and O–H groups in total. The highest BCUT2D eigenvalue weighted by molar-refractivity contribution is 6.03. The molecule has 0 saturated carbocycles. The van der Waals surface area contributed by atoms with E-state index in [2.05, 4.69) is 10.5 Å². The normalized spacial score (nSPS) is 11.4. The largest absolute Gasteiger partial charge is 0.398 e. The fourth-order valence-corrected chi connectivity index (χ4v) is 2.41. The first-order valence-corrected chi connectivity index (χ1v) is 7.60. The quantitative estimate of drug-likeness (QED) is 0.765. The van der Waals surface area contributed by atoms with Gasteiger partial charge in [-0.05, 0) is 17.7 Å². The van der Waals surface area contributed by atoms with Crippen molar-refractivity contribution in [1.29, 1.82) is 0 Å². The topological polar surface area (TPSA) is 81.2 Å². The molecule has 1 aromatic heterocycles. The standard InChI is InChI=1S/C19H16FN3O2/c1-22-19(24)17-16(11-15(21)12-7-9-14(20)10-8-12)25-23-18(17)13-5-3-2-4-6-13/h2-11H,21H2,1H3,(H,22,24)/b15-11+. The lowest BCUT2D eigenvalue weighted by Crippen LogP contribution is -2.19. The van der Waals surface area contributed by atoms with Crippen molar-refractivity contribution in [2.24, 2.45) is 5.73 Å². The van der Waals surface area contributed by atoms with Crippen molar-refractivity contribution >= 4 is 17.7 Å². The third kappa shape index (κ3) is 3.42. The molecule has 0 bridgehead atoms. The third-order valence-corrected chi connectivity index (χ3v) is 3.68. The van der Waals surface area contributed by atoms with Crippen molar-refractivity contribution in [3.8, 4) is 11.3 Å². The van der Waals surface area contributed by atoms with Gasteiger partial charge in [-0.25, -0.2) is 4.39 Å². The molecular weight excluding hydrogens is 321 g/mol. The minimum atomic E-state index is -0.353. The van der Waals surface area contributed by atoms with Crippen molar-refractivity contribution in [3.63, 3.8) is 0 Å². The number of nitrogens with zero attached hydrogens (tertiary/aromatic N) is 1. The Bertz CT molecular complexity index is 916. The van der Waals surface area contributed by atoms with Crippen molar-refractivity contribution < 1.29 is 13.7 Å². The minimum absolute atomic E-state index is 0.236. The van der Waals surface area contributed by atoms with E-state index in [0.29, 0.717) is 22.5 Å². The van der Waals surface area contributed by atoms with E-state index in [1.165, 1.54) is 25.3 Å². The van der Waals surface area contributed by atoms with Crippen LogP contribution in [-0.4, -0.2) is 18.1 Å². The summed E-state index contributed by atoms with van der Waals surface area (Å²) in [5, 5.41) is 6.60. The summed E-state index contributed by atoms with van der Waals surface area (Å²) >= 11 is 0. The molecule has 0 unspecified atom stereocenters. The summed E-state index contributed by atoms with van der Waals surface area (Å²) in [6.07, 6.45) is 1.51. The highest BCUT2D eigenvalue weighted by Gasteiger charge is 2.22. The number of hydrogen-bond acceptors (Lipinski definition) is 4. The molecule has 0 saturated heterocycles. The van der Waals surface area contributed by atoms with Gasteiger partial charge in [0.25, 0.3) is 5.91 Å². The van der Waals surface area contributed by atoms with Gasteiger partial charge in [-0.1, -0.05) is 47.6 Å².